The molecule has 5 N–H and O–H groups in total. The van der Waals surface area contributed by atoms with Gasteiger partial charge in [0.1, 0.15) is 17.6 Å². The summed E-state index contributed by atoms with van der Waals surface area (Å²) in [6, 6.07) is 9.05. The summed E-state index contributed by atoms with van der Waals surface area (Å²) in [5.41, 5.74) is 7.10. The Morgan fingerprint density at radius 3 is 1.47 bits per heavy atom. The standard InChI is InChI=1S/C57H87N3O19/c1-5-58-50-41-52-48(38-43(50)3)56(49-39-44(4)51(59-6-2)42-53(49)79-52)47-40-45(9-10-46(47)57(64)65)78-13-7-8-54(61)60-12-15-67-17-19-69-21-23-71-25-27-73-29-31-75-33-35-77-37-36-76-34-32-74-30-28-72-26-24-70-22-20-68-18-16-66-14-11-55(62)63/h9-10,38-42,52,58-59H,5-8,11-37H2,1-4H3,(H,60,61)(H,62,63)(H,64,65). The highest BCUT2D eigenvalue weighted by molar-refractivity contribution is 6.00. The quantitative estimate of drug-likeness (QED) is 0.0541. The Balaban J connectivity index is 0.914. The normalized spacial score (nSPS) is 13.8. The molecule has 1 amide bonds. The molecule has 1 aliphatic heterocycles. The van der Waals surface area contributed by atoms with E-state index in [0.29, 0.717) is 182 Å². The minimum atomic E-state index is -1.05. The van der Waals surface area contributed by atoms with E-state index >= 15 is 0 Å². The van der Waals surface area contributed by atoms with Crippen LogP contribution in [0.2, 0.25) is 0 Å². The van der Waals surface area contributed by atoms with Crippen molar-refractivity contribution in [2.24, 2.45) is 0 Å². The molecule has 0 aromatic heterocycles. The van der Waals surface area contributed by atoms with Gasteiger partial charge in [-0.05, 0) is 81.7 Å². The van der Waals surface area contributed by atoms with E-state index in [2.05, 4.69) is 28.1 Å². The number of nitrogens with one attached hydrogen (secondary N) is 3. The molecule has 22 heteroatoms. The Hall–Kier alpha value is -5.21. The molecule has 2 aromatic carbocycles. The van der Waals surface area contributed by atoms with Gasteiger partial charge < -0.3 is 92.5 Å². The molecule has 1 atom stereocenters. The number of benzene rings is 2. The molecule has 2 aromatic rings. The van der Waals surface area contributed by atoms with Crippen LogP contribution in [0.15, 0.2) is 59.3 Å². The number of hydrogen-bond donors (Lipinski definition) is 5. The van der Waals surface area contributed by atoms with Crippen molar-refractivity contribution in [3.8, 4) is 11.5 Å². The lowest BCUT2D eigenvalue weighted by atomic mass is 9.82. The van der Waals surface area contributed by atoms with Gasteiger partial charge in [0.25, 0.3) is 0 Å². The predicted octanol–water partition coefficient (Wildman–Crippen LogP) is 5.09. The van der Waals surface area contributed by atoms with Crippen LogP contribution < -0.4 is 25.4 Å². The third-order valence-electron chi connectivity index (χ3n) is 11.7. The van der Waals surface area contributed by atoms with Gasteiger partial charge in [0.05, 0.1) is 177 Å². The van der Waals surface area contributed by atoms with Crippen LogP contribution in [0.3, 0.4) is 0 Å². The molecule has 0 bridgehead atoms. The van der Waals surface area contributed by atoms with Crippen molar-refractivity contribution < 1.29 is 90.9 Å². The Kier molecular flexibility index (Phi) is 35.0. The summed E-state index contributed by atoms with van der Waals surface area (Å²) < 4.78 is 78.3. The number of aromatic carboxylic acids is 1. The van der Waals surface area contributed by atoms with Crippen LogP contribution in [0.25, 0.3) is 5.57 Å². The maximum atomic E-state index is 12.7. The van der Waals surface area contributed by atoms with Crippen LogP contribution in [0.1, 0.15) is 67.1 Å². The second kappa shape index (κ2) is 41.8. The lowest BCUT2D eigenvalue weighted by Gasteiger charge is -2.33. The lowest BCUT2D eigenvalue weighted by Crippen LogP contribution is -2.29. The summed E-state index contributed by atoms with van der Waals surface area (Å²) in [6.45, 7) is 20.5. The fourth-order valence-corrected chi connectivity index (χ4v) is 7.88. The molecular formula is C57H87N3O19. The van der Waals surface area contributed by atoms with Crippen molar-refractivity contribution >= 4 is 29.1 Å². The molecule has 1 aliphatic carbocycles. The summed E-state index contributed by atoms with van der Waals surface area (Å²) in [4.78, 5) is 35.7. The molecule has 1 heterocycles. The predicted molar refractivity (Wildman–Crippen MR) is 295 cm³/mol. The Labute approximate surface area is 465 Å². The molecule has 0 saturated heterocycles. The van der Waals surface area contributed by atoms with Crippen molar-refractivity contribution in [3.63, 3.8) is 0 Å². The van der Waals surface area contributed by atoms with Crippen LogP contribution in [0.5, 0.6) is 11.5 Å². The number of amides is 1. The summed E-state index contributed by atoms with van der Waals surface area (Å²) in [5, 5.41) is 28.6. The van der Waals surface area contributed by atoms with Crippen LogP contribution in [-0.4, -0.2) is 219 Å². The first-order valence-corrected chi connectivity index (χ1v) is 27.5. The number of ether oxygens (including phenoxy) is 14. The van der Waals surface area contributed by atoms with Crippen LogP contribution in [0, 0.1) is 6.92 Å². The van der Waals surface area contributed by atoms with Gasteiger partial charge in [-0.1, -0.05) is 0 Å². The molecule has 0 fully saturated rings. The number of carboxylic acids is 2. The first-order chi connectivity index (χ1) is 38.6. The van der Waals surface area contributed by atoms with E-state index in [1.807, 2.05) is 39.8 Å². The van der Waals surface area contributed by atoms with Crippen molar-refractivity contribution in [1.82, 2.24) is 10.6 Å². The van der Waals surface area contributed by atoms with Gasteiger partial charge in [-0.25, -0.2) is 4.79 Å². The Morgan fingerprint density at radius 2 is 1.01 bits per heavy atom. The number of fused-ring (bicyclic) bond motifs is 2. The molecule has 2 aliphatic rings. The van der Waals surface area contributed by atoms with Crippen LogP contribution >= 0.6 is 0 Å². The zero-order valence-corrected chi connectivity index (χ0v) is 46.9. The smallest absolute Gasteiger partial charge is 0.336 e. The first-order valence-electron chi connectivity index (χ1n) is 27.5. The molecule has 79 heavy (non-hydrogen) atoms. The number of carboxylic acid groups (broad SMARTS) is 2. The monoisotopic (exact) mass is 1120 g/mol. The van der Waals surface area contributed by atoms with E-state index in [4.69, 9.17) is 71.4 Å². The summed E-state index contributed by atoms with van der Waals surface area (Å²) in [7, 11) is 0. The van der Waals surface area contributed by atoms with Gasteiger partial charge in [0, 0.05) is 65.8 Å². The molecule has 0 saturated carbocycles. The minimum Gasteiger partial charge on any atom is -0.494 e. The van der Waals surface area contributed by atoms with E-state index in [9.17, 15) is 19.5 Å². The molecular weight excluding hydrogens is 1030 g/mol. The fraction of sp³-hybridized carbons (Fsp3) is 0.632. The van der Waals surface area contributed by atoms with E-state index in [0.717, 1.165) is 52.3 Å². The number of aliphatic carboxylic acids is 1. The second-order valence-corrected chi connectivity index (χ2v) is 17.8. The highest BCUT2D eigenvalue weighted by Gasteiger charge is 2.33. The Morgan fingerprint density at radius 1 is 0.544 bits per heavy atom. The highest BCUT2D eigenvalue weighted by Crippen LogP contribution is 2.46. The second-order valence-electron chi connectivity index (χ2n) is 17.8. The number of allylic oxidation sites excluding steroid dienone is 1. The third-order valence-corrected chi connectivity index (χ3v) is 11.7. The summed E-state index contributed by atoms with van der Waals surface area (Å²) in [5.74, 6) is -0.884. The first kappa shape index (κ1) is 66.3. The van der Waals surface area contributed by atoms with Gasteiger partial charge in [-0.2, -0.15) is 0 Å². The van der Waals surface area contributed by atoms with Crippen molar-refractivity contribution in [3.05, 3.63) is 81.6 Å². The molecule has 0 spiro atoms. The minimum absolute atomic E-state index is 0.0140. The maximum absolute atomic E-state index is 12.7. The third kappa shape index (κ3) is 27.7. The highest BCUT2D eigenvalue weighted by atomic mass is 16.6. The van der Waals surface area contributed by atoms with Crippen molar-refractivity contribution in [2.45, 2.75) is 53.1 Å². The summed E-state index contributed by atoms with van der Waals surface area (Å²) in [6.07, 6.45) is 4.39. The zero-order valence-electron chi connectivity index (χ0n) is 46.9. The van der Waals surface area contributed by atoms with Crippen LogP contribution in [-0.2, 0) is 66.4 Å². The Bertz CT molecular complexity index is 2150. The average molecular weight is 1120 g/mol. The number of hydrogen-bond acceptors (Lipinski definition) is 19. The number of anilines is 1. The van der Waals surface area contributed by atoms with E-state index in [-0.39, 0.29) is 37.5 Å². The molecule has 0 radical (unpaired) electrons. The van der Waals surface area contributed by atoms with Gasteiger partial charge >= 0.3 is 11.9 Å². The topological polar surface area (TPSA) is 257 Å². The number of carbonyl (C=O) groups is 3. The van der Waals surface area contributed by atoms with Crippen molar-refractivity contribution in [2.75, 3.05) is 190 Å². The van der Waals surface area contributed by atoms with E-state index in [1.54, 1.807) is 18.2 Å². The SMILES string of the molecule is CCNC1=CC2Oc3cc(NCC)c(C)cc3C(c3cc(OCCCC(=O)NCCOCCOCCOCCOCCOCCOCCOCCOCCOCCOCCOCCOCCC(=O)O)ccc3C(=O)O)=C2C=C1C. The maximum Gasteiger partial charge on any atom is 0.336 e. The largest absolute Gasteiger partial charge is 0.494 e. The van der Waals surface area contributed by atoms with E-state index < -0.39 is 18.0 Å². The van der Waals surface area contributed by atoms with Gasteiger partial charge in [0.15, 0.2) is 0 Å². The average Bonchev–Trinajstić information content (AvgIpc) is 3.63. The number of aryl methyl sites for hydroxylation is 1. The van der Waals surface area contributed by atoms with Gasteiger partial charge in [-0.3, -0.25) is 9.59 Å². The van der Waals surface area contributed by atoms with Gasteiger partial charge in [0.2, 0.25) is 5.91 Å². The molecule has 444 valence electrons. The van der Waals surface area contributed by atoms with Gasteiger partial charge in [-0.15, -0.1) is 0 Å². The molecule has 4 rings (SSSR count). The number of rotatable bonds is 50. The van der Waals surface area contributed by atoms with Crippen LogP contribution in [0.4, 0.5) is 5.69 Å². The zero-order chi connectivity index (χ0) is 56.6. The summed E-state index contributed by atoms with van der Waals surface area (Å²) >= 11 is 0. The fourth-order valence-electron chi connectivity index (χ4n) is 7.88. The lowest BCUT2D eigenvalue weighted by molar-refractivity contribution is -0.138. The molecule has 22 nitrogen and oxygen atoms in total. The molecule has 1 unspecified atom stereocenters. The van der Waals surface area contributed by atoms with E-state index in [1.165, 1.54) is 0 Å². The number of likely N-dealkylation sites (N-methyl/N-ethyl adjacent to an activating group) is 1. The number of carbonyl (C=O) groups excluding carboxylic acids is 1. The van der Waals surface area contributed by atoms with Crippen molar-refractivity contribution in [1.29, 1.82) is 0 Å².